The normalized spacial score (nSPS) is 11.1. The molecule has 98 valence electrons. The Kier molecular flexibility index (Phi) is 5.02. The summed E-state index contributed by atoms with van der Waals surface area (Å²) < 4.78 is 35.7. The van der Waals surface area contributed by atoms with Crippen LogP contribution in [0.4, 0.5) is 18.9 Å². The average molecular weight is 256 g/mol. The van der Waals surface area contributed by atoms with Gasteiger partial charge in [-0.1, -0.05) is 6.07 Å². The van der Waals surface area contributed by atoms with Gasteiger partial charge in [0.2, 0.25) is 0 Å². The molecule has 0 aliphatic rings. The molecule has 2 nitrogen and oxygen atoms in total. The fourth-order valence-electron chi connectivity index (χ4n) is 1.58. The molecule has 1 aromatic rings. The first-order valence-corrected chi connectivity index (χ1v) is 5.74. The molecule has 1 rings (SSSR count). The van der Waals surface area contributed by atoms with E-state index in [1.807, 2.05) is 25.1 Å². The minimum Gasteiger partial charge on any atom is -0.384 e. The molecule has 1 N–H and O–H groups in total. The summed E-state index contributed by atoms with van der Waals surface area (Å²) in [7, 11) is 0. The van der Waals surface area contributed by atoms with Crippen molar-refractivity contribution in [2.45, 2.75) is 32.4 Å². The minimum absolute atomic E-state index is 0.101. The lowest BCUT2D eigenvalue weighted by molar-refractivity contribution is -0.135. The molecule has 0 aliphatic heterocycles. The molecule has 0 aliphatic carbocycles. The molecule has 1 aromatic carbocycles. The molecule has 5 heteroatoms. The van der Waals surface area contributed by atoms with E-state index in [1.54, 1.807) is 6.07 Å². The highest BCUT2D eigenvalue weighted by Gasteiger charge is 2.25. The molecular formula is C13H15F3N2. The number of nitrogens with one attached hydrogen (secondary N) is 1. The number of hydrogen-bond donors (Lipinski definition) is 1. The van der Waals surface area contributed by atoms with E-state index in [-0.39, 0.29) is 6.42 Å². The van der Waals surface area contributed by atoms with E-state index < -0.39 is 12.6 Å². The lowest BCUT2D eigenvalue weighted by Crippen LogP contribution is -2.09. The number of nitriles is 1. The number of nitrogens with zero attached hydrogens (tertiary/aromatic N) is 1. The Morgan fingerprint density at radius 3 is 2.61 bits per heavy atom. The number of benzene rings is 1. The van der Waals surface area contributed by atoms with Gasteiger partial charge >= 0.3 is 6.18 Å². The van der Waals surface area contributed by atoms with Crippen LogP contribution in [-0.2, 0) is 0 Å². The predicted molar refractivity (Wildman–Crippen MR) is 64.3 cm³/mol. The maximum absolute atomic E-state index is 11.9. The van der Waals surface area contributed by atoms with Crippen molar-refractivity contribution < 1.29 is 13.2 Å². The van der Waals surface area contributed by atoms with Gasteiger partial charge in [0.15, 0.2) is 0 Å². The molecule has 0 bridgehead atoms. The van der Waals surface area contributed by atoms with Gasteiger partial charge in [-0.25, -0.2) is 0 Å². The van der Waals surface area contributed by atoms with Gasteiger partial charge in [0.25, 0.3) is 0 Å². The summed E-state index contributed by atoms with van der Waals surface area (Å²) in [5, 5.41) is 11.9. The van der Waals surface area contributed by atoms with Crippen LogP contribution in [0.25, 0.3) is 0 Å². The Labute approximate surface area is 104 Å². The zero-order chi connectivity index (χ0) is 13.6. The molecule has 0 heterocycles. The third kappa shape index (κ3) is 5.09. The Bertz CT molecular complexity index is 433. The SMILES string of the molecule is Cc1ccc(C#N)c(NCCCCC(F)(F)F)c1. The number of unbranched alkanes of at least 4 members (excludes halogenated alkanes) is 1. The maximum Gasteiger partial charge on any atom is 0.389 e. The summed E-state index contributed by atoms with van der Waals surface area (Å²) in [6.07, 6.45) is -4.31. The van der Waals surface area contributed by atoms with Crippen LogP contribution >= 0.6 is 0 Å². The average Bonchev–Trinajstić information content (AvgIpc) is 2.27. The highest BCUT2D eigenvalue weighted by atomic mass is 19.4. The number of halogens is 3. The maximum atomic E-state index is 11.9. The van der Waals surface area contributed by atoms with Gasteiger partial charge in [-0.2, -0.15) is 18.4 Å². The van der Waals surface area contributed by atoms with Gasteiger partial charge in [0.1, 0.15) is 6.07 Å². The van der Waals surface area contributed by atoms with Crippen molar-refractivity contribution in [3.8, 4) is 6.07 Å². The molecule has 0 atom stereocenters. The van der Waals surface area contributed by atoms with Gasteiger partial charge in [-0.05, 0) is 37.5 Å². The van der Waals surface area contributed by atoms with Crippen LogP contribution in [-0.4, -0.2) is 12.7 Å². The van der Waals surface area contributed by atoms with Crippen LogP contribution < -0.4 is 5.32 Å². The molecule has 0 saturated heterocycles. The van der Waals surface area contributed by atoms with Crippen molar-refractivity contribution in [2.75, 3.05) is 11.9 Å². The Morgan fingerprint density at radius 2 is 2.00 bits per heavy atom. The molecule has 0 amide bonds. The van der Waals surface area contributed by atoms with Crippen molar-refractivity contribution >= 4 is 5.69 Å². The second kappa shape index (κ2) is 6.29. The molecule has 18 heavy (non-hydrogen) atoms. The molecule has 0 saturated carbocycles. The largest absolute Gasteiger partial charge is 0.389 e. The van der Waals surface area contributed by atoms with Crippen molar-refractivity contribution in [2.24, 2.45) is 0 Å². The van der Waals surface area contributed by atoms with Crippen LogP contribution in [0, 0.1) is 18.3 Å². The second-order valence-corrected chi connectivity index (χ2v) is 4.16. The van der Waals surface area contributed by atoms with Crippen molar-refractivity contribution in [1.29, 1.82) is 5.26 Å². The van der Waals surface area contributed by atoms with E-state index in [9.17, 15) is 13.2 Å². The van der Waals surface area contributed by atoms with Gasteiger partial charge in [0.05, 0.1) is 11.3 Å². The smallest absolute Gasteiger partial charge is 0.384 e. The first kappa shape index (κ1) is 14.4. The van der Waals surface area contributed by atoms with Crippen LogP contribution in [0.3, 0.4) is 0 Å². The first-order valence-electron chi connectivity index (χ1n) is 5.74. The number of aryl methyl sites for hydroxylation is 1. The highest BCUT2D eigenvalue weighted by Crippen LogP contribution is 2.22. The van der Waals surface area contributed by atoms with Crippen LogP contribution in [0.1, 0.15) is 30.4 Å². The van der Waals surface area contributed by atoms with E-state index >= 15 is 0 Å². The lowest BCUT2D eigenvalue weighted by Gasteiger charge is -2.10. The summed E-state index contributed by atoms with van der Waals surface area (Å²) in [6.45, 7) is 2.34. The second-order valence-electron chi connectivity index (χ2n) is 4.16. The van der Waals surface area contributed by atoms with E-state index in [1.165, 1.54) is 0 Å². The molecule has 0 aromatic heterocycles. The van der Waals surface area contributed by atoms with Gasteiger partial charge < -0.3 is 5.32 Å². The first-order chi connectivity index (χ1) is 8.42. The number of rotatable bonds is 5. The summed E-state index contributed by atoms with van der Waals surface area (Å²) in [5.74, 6) is 0. The quantitative estimate of drug-likeness (QED) is 0.808. The fraction of sp³-hybridized carbons (Fsp3) is 0.462. The van der Waals surface area contributed by atoms with Crippen molar-refractivity contribution in [3.63, 3.8) is 0 Å². The topological polar surface area (TPSA) is 35.8 Å². The third-order valence-corrected chi connectivity index (χ3v) is 2.50. The summed E-state index contributed by atoms with van der Waals surface area (Å²) >= 11 is 0. The molecule has 0 spiro atoms. The number of hydrogen-bond acceptors (Lipinski definition) is 2. The summed E-state index contributed by atoms with van der Waals surface area (Å²) in [5.41, 5.74) is 2.20. The lowest BCUT2D eigenvalue weighted by atomic mass is 10.1. The van der Waals surface area contributed by atoms with Crippen LogP contribution in [0.15, 0.2) is 18.2 Å². The molecular weight excluding hydrogens is 241 g/mol. The molecule has 0 radical (unpaired) electrons. The van der Waals surface area contributed by atoms with E-state index in [2.05, 4.69) is 5.32 Å². The third-order valence-electron chi connectivity index (χ3n) is 2.50. The predicted octanol–water partition coefficient (Wildman–Crippen LogP) is 4.01. The summed E-state index contributed by atoms with van der Waals surface area (Å²) in [6, 6.07) is 7.40. The van der Waals surface area contributed by atoms with Crippen LogP contribution in [0.5, 0.6) is 0 Å². The minimum atomic E-state index is -4.08. The Balaban J connectivity index is 2.40. The Hall–Kier alpha value is -1.70. The summed E-state index contributed by atoms with van der Waals surface area (Å²) in [4.78, 5) is 0. The van der Waals surface area contributed by atoms with Gasteiger partial charge in [-0.15, -0.1) is 0 Å². The Morgan fingerprint density at radius 1 is 1.28 bits per heavy atom. The van der Waals surface area contributed by atoms with Crippen LogP contribution in [0.2, 0.25) is 0 Å². The standard InChI is InChI=1S/C13H15F3N2/c1-10-4-5-11(9-17)12(8-10)18-7-3-2-6-13(14,15)16/h4-5,8,18H,2-3,6-7H2,1H3. The van der Waals surface area contributed by atoms with E-state index in [0.29, 0.717) is 24.2 Å². The fourth-order valence-corrected chi connectivity index (χ4v) is 1.58. The monoisotopic (exact) mass is 256 g/mol. The zero-order valence-electron chi connectivity index (χ0n) is 10.1. The molecule has 0 fully saturated rings. The van der Waals surface area contributed by atoms with Crippen molar-refractivity contribution in [1.82, 2.24) is 0 Å². The van der Waals surface area contributed by atoms with Gasteiger partial charge in [-0.3, -0.25) is 0 Å². The molecule has 0 unspecified atom stereocenters. The van der Waals surface area contributed by atoms with E-state index in [4.69, 9.17) is 5.26 Å². The number of anilines is 1. The zero-order valence-corrected chi connectivity index (χ0v) is 10.1. The number of alkyl halides is 3. The van der Waals surface area contributed by atoms with Crippen molar-refractivity contribution in [3.05, 3.63) is 29.3 Å². The highest BCUT2D eigenvalue weighted by molar-refractivity contribution is 5.58. The van der Waals surface area contributed by atoms with E-state index in [0.717, 1.165) is 5.56 Å². The van der Waals surface area contributed by atoms with Gasteiger partial charge in [0, 0.05) is 13.0 Å².